The second-order valence-electron chi connectivity index (χ2n) is 4.41. The van der Waals surface area contributed by atoms with Crippen LogP contribution in [-0.4, -0.2) is 17.5 Å². The van der Waals surface area contributed by atoms with Crippen LogP contribution in [0.1, 0.15) is 18.7 Å². The van der Waals surface area contributed by atoms with Crippen molar-refractivity contribution in [3.05, 3.63) is 58.3 Å². The summed E-state index contributed by atoms with van der Waals surface area (Å²) in [6.07, 6.45) is 1.68. The maximum Gasteiger partial charge on any atom is 0.258 e. The van der Waals surface area contributed by atoms with Gasteiger partial charge in [-0.05, 0) is 31.2 Å². The molecule has 1 aromatic heterocycles. The molecule has 4 nitrogen and oxygen atoms in total. The molecule has 1 aromatic carbocycles. The summed E-state index contributed by atoms with van der Waals surface area (Å²) in [6, 6.07) is 10.2. The maximum atomic E-state index is 11.8. The Hall–Kier alpha value is -1.78. The van der Waals surface area contributed by atoms with Crippen molar-refractivity contribution < 1.29 is 9.53 Å². The molecular formula is C15H14Cl2N2O2. The van der Waals surface area contributed by atoms with Crippen LogP contribution in [-0.2, 0) is 4.79 Å². The Bertz CT molecular complexity index is 620. The van der Waals surface area contributed by atoms with Crippen LogP contribution in [0, 0.1) is 0 Å². The lowest BCUT2D eigenvalue weighted by atomic mass is 10.2. The Morgan fingerprint density at radius 2 is 2.10 bits per heavy atom. The van der Waals surface area contributed by atoms with E-state index in [1.165, 1.54) is 0 Å². The molecule has 0 saturated carbocycles. The van der Waals surface area contributed by atoms with Gasteiger partial charge in [0, 0.05) is 12.3 Å². The summed E-state index contributed by atoms with van der Waals surface area (Å²) in [5, 5.41) is 3.63. The van der Waals surface area contributed by atoms with Gasteiger partial charge in [0.05, 0.1) is 21.8 Å². The van der Waals surface area contributed by atoms with Crippen LogP contribution in [0.25, 0.3) is 0 Å². The maximum absolute atomic E-state index is 11.8. The molecule has 0 aliphatic heterocycles. The molecule has 0 radical (unpaired) electrons. The number of hydrogen-bond donors (Lipinski definition) is 1. The molecule has 2 aromatic rings. The third-order valence-electron chi connectivity index (χ3n) is 2.77. The summed E-state index contributed by atoms with van der Waals surface area (Å²) in [4.78, 5) is 16.0. The summed E-state index contributed by atoms with van der Waals surface area (Å²) >= 11 is 11.7. The fourth-order valence-electron chi connectivity index (χ4n) is 1.70. The molecule has 0 aliphatic carbocycles. The topological polar surface area (TPSA) is 51.2 Å². The van der Waals surface area contributed by atoms with Gasteiger partial charge in [0.2, 0.25) is 0 Å². The van der Waals surface area contributed by atoms with Gasteiger partial charge in [0.1, 0.15) is 5.75 Å². The van der Waals surface area contributed by atoms with Gasteiger partial charge < -0.3 is 10.1 Å². The van der Waals surface area contributed by atoms with Crippen LogP contribution in [0.15, 0.2) is 42.6 Å². The van der Waals surface area contributed by atoms with Crippen LogP contribution in [0.3, 0.4) is 0 Å². The minimum Gasteiger partial charge on any atom is -0.484 e. The molecule has 1 N–H and O–H groups in total. The van der Waals surface area contributed by atoms with Crippen molar-refractivity contribution in [2.75, 3.05) is 6.61 Å². The van der Waals surface area contributed by atoms with Crippen molar-refractivity contribution in [3.8, 4) is 5.75 Å². The van der Waals surface area contributed by atoms with Gasteiger partial charge in [0.25, 0.3) is 5.91 Å². The number of amides is 1. The highest BCUT2D eigenvalue weighted by Crippen LogP contribution is 2.26. The first kappa shape index (κ1) is 15.6. The van der Waals surface area contributed by atoms with Crippen LogP contribution < -0.4 is 10.1 Å². The monoisotopic (exact) mass is 324 g/mol. The largest absolute Gasteiger partial charge is 0.484 e. The van der Waals surface area contributed by atoms with Crippen molar-refractivity contribution in [1.82, 2.24) is 10.3 Å². The fraction of sp³-hybridized carbons (Fsp3) is 0.200. The smallest absolute Gasteiger partial charge is 0.258 e. The standard InChI is InChI=1S/C15H14Cl2N2O2/c1-10(14-4-2-3-7-18-14)19-15(20)9-21-11-5-6-12(16)13(17)8-11/h2-8,10H,9H2,1H3,(H,19,20). The van der Waals surface area contributed by atoms with E-state index in [0.29, 0.717) is 15.8 Å². The number of nitrogens with one attached hydrogen (secondary N) is 1. The Morgan fingerprint density at radius 3 is 2.76 bits per heavy atom. The second-order valence-corrected chi connectivity index (χ2v) is 5.22. The fourth-order valence-corrected chi connectivity index (χ4v) is 1.99. The van der Waals surface area contributed by atoms with Gasteiger partial charge in [-0.3, -0.25) is 9.78 Å². The molecule has 1 atom stereocenters. The molecule has 0 saturated heterocycles. The first-order valence-electron chi connectivity index (χ1n) is 6.34. The molecule has 6 heteroatoms. The van der Waals surface area contributed by atoms with Gasteiger partial charge >= 0.3 is 0 Å². The molecule has 0 spiro atoms. The van der Waals surface area contributed by atoms with Crippen LogP contribution in [0.4, 0.5) is 0 Å². The summed E-state index contributed by atoms with van der Waals surface area (Å²) in [6.45, 7) is 1.76. The zero-order valence-electron chi connectivity index (χ0n) is 11.3. The predicted octanol–water partition coefficient (Wildman–Crippen LogP) is 3.64. The first-order chi connectivity index (χ1) is 10.1. The number of rotatable bonds is 5. The Balaban J connectivity index is 1.86. The van der Waals surface area contributed by atoms with Gasteiger partial charge in [-0.2, -0.15) is 0 Å². The summed E-state index contributed by atoms with van der Waals surface area (Å²) in [7, 11) is 0. The highest BCUT2D eigenvalue weighted by molar-refractivity contribution is 6.42. The minimum atomic E-state index is -0.237. The zero-order chi connectivity index (χ0) is 15.2. The van der Waals surface area contributed by atoms with Crippen LogP contribution >= 0.6 is 23.2 Å². The molecule has 0 aliphatic rings. The molecule has 0 fully saturated rings. The van der Waals surface area contributed by atoms with Crippen molar-refractivity contribution >= 4 is 29.1 Å². The van der Waals surface area contributed by atoms with Gasteiger partial charge in [-0.25, -0.2) is 0 Å². The van der Waals surface area contributed by atoms with E-state index in [-0.39, 0.29) is 18.6 Å². The van der Waals surface area contributed by atoms with Crippen molar-refractivity contribution in [2.45, 2.75) is 13.0 Å². The first-order valence-corrected chi connectivity index (χ1v) is 7.10. The molecule has 1 unspecified atom stereocenters. The number of ether oxygens (including phenoxy) is 1. The minimum absolute atomic E-state index is 0.102. The van der Waals surface area contributed by atoms with Crippen molar-refractivity contribution in [1.29, 1.82) is 0 Å². The Labute approximate surface area is 133 Å². The molecule has 21 heavy (non-hydrogen) atoms. The molecule has 1 amide bonds. The van der Waals surface area contributed by atoms with E-state index >= 15 is 0 Å². The van der Waals surface area contributed by atoms with Gasteiger partial charge in [-0.1, -0.05) is 29.3 Å². The van der Waals surface area contributed by atoms with E-state index in [2.05, 4.69) is 10.3 Å². The second kappa shape index (κ2) is 7.29. The molecular weight excluding hydrogens is 311 g/mol. The highest BCUT2D eigenvalue weighted by atomic mass is 35.5. The number of carbonyl (C=O) groups excluding carboxylic acids is 1. The normalized spacial score (nSPS) is 11.8. The van der Waals surface area contributed by atoms with E-state index in [4.69, 9.17) is 27.9 Å². The van der Waals surface area contributed by atoms with Crippen molar-refractivity contribution in [2.24, 2.45) is 0 Å². The zero-order valence-corrected chi connectivity index (χ0v) is 12.9. The lowest BCUT2D eigenvalue weighted by molar-refractivity contribution is -0.123. The average Bonchev–Trinajstić information content (AvgIpc) is 2.49. The number of nitrogens with zero attached hydrogens (tertiary/aromatic N) is 1. The van der Waals surface area contributed by atoms with Crippen LogP contribution in [0.2, 0.25) is 10.0 Å². The highest BCUT2D eigenvalue weighted by Gasteiger charge is 2.11. The number of hydrogen-bond acceptors (Lipinski definition) is 3. The quantitative estimate of drug-likeness (QED) is 0.913. The number of pyridine rings is 1. The Kier molecular flexibility index (Phi) is 5.42. The summed E-state index contributed by atoms with van der Waals surface area (Å²) in [5.41, 5.74) is 0.792. The number of benzene rings is 1. The number of aromatic nitrogens is 1. The SMILES string of the molecule is CC(NC(=O)COc1ccc(Cl)c(Cl)c1)c1ccccn1. The molecule has 110 valence electrons. The van der Waals surface area contributed by atoms with E-state index in [1.54, 1.807) is 24.4 Å². The lowest BCUT2D eigenvalue weighted by Crippen LogP contribution is -2.31. The van der Waals surface area contributed by atoms with Gasteiger partial charge in [-0.15, -0.1) is 0 Å². The third-order valence-corrected chi connectivity index (χ3v) is 3.51. The van der Waals surface area contributed by atoms with E-state index in [0.717, 1.165) is 5.69 Å². The van der Waals surface area contributed by atoms with E-state index in [9.17, 15) is 4.79 Å². The Morgan fingerprint density at radius 1 is 1.29 bits per heavy atom. The van der Waals surface area contributed by atoms with E-state index < -0.39 is 0 Å². The third kappa shape index (κ3) is 4.62. The van der Waals surface area contributed by atoms with Gasteiger partial charge in [0.15, 0.2) is 6.61 Å². The summed E-state index contributed by atoms with van der Waals surface area (Å²) < 4.78 is 5.36. The van der Waals surface area contributed by atoms with Crippen LogP contribution in [0.5, 0.6) is 5.75 Å². The van der Waals surface area contributed by atoms with E-state index in [1.807, 2.05) is 25.1 Å². The number of carbonyl (C=O) groups is 1. The molecule has 1 heterocycles. The van der Waals surface area contributed by atoms with Crippen molar-refractivity contribution in [3.63, 3.8) is 0 Å². The average molecular weight is 325 g/mol. The number of halogens is 2. The summed E-state index contributed by atoms with van der Waals surface area (Å²) in [5.74, 6) is 0.254. The molecule has 0 bridgehead atoms. The molecule has 2 rings (SSSR count). The predicted molar refractivity (Wildman–Crippen MR) is 82.8 cm³/mol. The lowest BCUT2D eigenvalue weighted by Gasteiger charge is -2.13.